The Kier molecular flexibility index (Phi) is 16.0. The number of aliphatic hydroxyl groups is 1. The lowest BCUT2D eigenvalue weighted by molar-refractivity contribution is 0.122. The van der Waals surface area contributed by atoms with Crippen LogP contribution in [0.3, 0.4) is 0 Å². The van der Waals surface area contributed by atoms with Crippen molar-refractivity contribution in [2.75, 3.05) is 13.1 Å². The van der Waals surface area contributed by atoms with Gasteiger partial charge in [0.25, 0.3) is 0 Å². The van der Waals surface area contributed by atoms with Crippen LogP contribution in [-0.4, -0.2) is 24.3 Å². The highest BCUT2D eigenvalue weighted by atomic mass is 35.5. The lowest BCUT2D eigenvalue weighted by Crippen LogP contribution is -2.17. The van der Waals surface area contributed by atoms with Gasteiger partial charge in [0.1, 0.15) is 0 Å². The Morgan fingerprint density at radius 2 is 1.59 bits per heavy atom. The summed E-state index contributed by atoms with van der Waals surface area (Å²) in [4.78, 5) is 0. The van der Waals surface area contributed by atoms with Crippen LogP contribution in [0.5, 0.6) is 0 Å². The van der Waals surface area contributed by atoms with Gasteiger partial charge in [0.2, 0.25) is 0 Å². The summed E-state index contributed by atoms with van der Waals surface area (Å²) >= 11 is 6.29. The minimum atomic E-state index is -0.0809. The van der Waals surface area contributed by atoms with Gasteiger partial charge in [-0.2, -0.15) is 0 Å². The normalized spacial score (nSPS) is 22.2. The molecule has 0 aromatic heterocycles. The molecule has 0 spiro atoms. The van der Waals surface area contributed by atoms with E-state index in [-0.39, 0.29) is 6.10 Å². The van der Waals surface area contributed by atoms with Crippen LogP contribution in [0.4, 0.5) is 0 Å². The average molecular weight is 398 g/mol. The van der Waals surface area contributed by atoms with Crippen molar-refractivity contribution in [3.63, 3.8) is 0 Å². The molecule has 0 bridgehead atoms. The third-order valence-electron chi connectivity index (χ3n) is 5.29. The summed E-state index contributed by atoms with van der Waals surface area (Å²) in [6, 6.07) is 6.50. The average Bonchev–Trinajstić information content (AvgIpc) is 3.32. The highest BCUT2D eigenvalue weighted by Crippen LogP contribution is 2.36. The minimum absolute atomic E-state index is 0.0809. The molecule has 0 amide bonds. The van der Waals surface area contributed by atoms with Gasteiger partial charge in [0, 0.05) is 5.02 Å². The van der Waals surface area contributed by atoms with Crippen LogP contribution in [0.1, 0.15) is 109 Å². The van der Waals surface area contributed by atoms with Crippen LogP contribution in [0.2, 0.25) is 5.02 Å². The second-order valence-electron chi connectivity index (χ2n) is 7.05. The predicted molar refractivity (Wildman–Crippen MR) is 122 cm³/mol. The summed E-state index contributed by atoms with van der Waals surface area (Å²) in [5, 5.41) is 13.7. The quantitative estimate of drug-likeness (QED) is 0.560. The first kappa shape index (κ1) is 26.4. The summed E-state index contributed by atoms with van der Waals surface area (Å²) in [6.45, 7) is 14.9. The Balaban J connectivity index is 0.000000629. The number of nitrogens with one attached hydrogen (secondary N) is 1. The maximum Gasteiger partial charge on any atom is 0.0540 e. The van der Waals surface area contributed by atoms with Crippen LogP contribution in [0.15, 0.2) is 18.2 Å². The highest BCUT2D eigenvalue weighted by molar-refractivity contribution is 6.31. The molecule has 3 rings (SSSR count). The first-order chi connectivity index (χ1) is 13.1. The van der Waals surface area contributed by atoms with E-state index in [4.69, 9.17) is 11.6 Å². The first-order valence-corrected chi connectivity index (χ1v) is 11.7. The minimum Gasteiger partial charge on any atom is -0.393 e. The lowest BCUT2D eigenvalue weighted by Gasteiger charge is -2.26. The molecule has 27 heavy (non-hydrogen) atoms. The number of aliphatic hydroxyl groups excluding tert-OH is 1. The Bertz CT molecular complexity index is 458. The molecular formula is C24H44ClNO. The van der Waals surface area contributed by atoms with Crippen LogP contribution in [0.25, 0.3) is 0 Å². The van der Waals surface area contributed by atoms with E-state index in [1.54, 1.807) is 0 Å². The van der Waals surface area contributed by atoms with Crippen molar-refractivity contribution in [1.29, 1.82) is 0 Å². The lowest BCUT2D eigenvalue weighted by atomic mass is 9.81. The largest absolute Gasteiger partial charge is 0.393 e. The molecule has 1 atom stereocenters. The number of hydrogen-bond acceptors (Lipinski definition) is 2. The van der Waals surface area contributed by atoms with Gasteiger partial charge in [-0.3, -0.25) is 0 Å². The van der Waals surface area contributed by atoms with E-state index in [1.165, 1.54) is 37.1 Å². The van der Waals surface area contributed by atoms with Crippen LogP contribution in [0, 0.1) is 0 Å². The summed E-state index contributed by atoms with van der Waals surface area (Å²) in [5.74, 6) is 1.13. The van der Waals surface area contributed by atoms with Gasteiger partial charge in [0.15, 0.2) is 0 Å². The molecule has 1 unspecified atom stereocenters. The molecule has 1 heterocycles. The van der Waals surface area contributed by atoms with Crippen molar-refractivity contribution >= 4 is 11.6 Å². The standard InChI is InChI=1S/C16H23ClO.C4H9N.2C2H6/c1-3-11(2)15-10-13(6-9-16(15)17)12-4-7-14(18)8-5-12;1-2-4-5-3-1;2*1-2/h6,9-12,14,18H,3-5,7-8H2,1-2H3;5H,1-4H2;2*1-2H3. The Morgan fingerprint density at radius 3 is 2.04 bits per heavy atom. The van der Waals surface area contributed by atoms with Gasteiger partial charge in [-0.15, -0.1) is 0 Å². The van der Waals surface area contributed by atoms with Gasteiger partial charge >= 0.3 is 0 Å². The molecule has 1 aromatic carbocycles. The maximum absolute atomic E-state index is 9.58. The third kappa shape index (κ3) is 9.96. The van der Waals surface area contributed by atoms with Crippen LogP contribution in [-0.2, 0) is 0 Å². The van der Waals surface area contributed by atoms with Gasteiger partial charge < -0.3 is 10.4 Å². The van der Waals surface area contributed by atoms with Crippen molar-refractivity contribution in [1.82, 2.24) is 5.32 Å². The topological polar surface area (TPSA) is 32.3 Å². The Hall–Kier alpha value is -0.570. The number of hydrogen-bond donors (Lipinski definition) is 2. The van der Waals surface area contributed by atoms with Crippen molar-refractivity contribution in [3.05, 3.63) is 34.3 Å². The van der Waals surface area contributed by atoms with Crippen molar-refractivity contribution in [2.45, 2.75) is 104 Å². The molecule has 1 aliphatic carbocycles. The fraction of sp³-hybridized carbons (Fsp3) is 0.750. The summed E-state index contributed by atoms with van der Waals surface area (Å²) in [5.41, 5.74) is 2.68. The molecule has 2 aliphatic rings. The zero-order chi connectivity index (χ0) is 20.7. The number of rotatable bonds is 3. The van der Waals surface area contributed by atoms with E-state index in [1.807, 2.05) is 33.8 Å². The van der Waals surface area contributed by atoms with Gasteiger partial charge in [-0.25, -0.2) is 0 Å². The molecule has 2 nitrogen and oxygen atoms in total. The molecule has 3 heteroatoms. The van der Waals surface area contributed by atoms with Crippen LogP contribution < -0.4 is 5.32 Å². The zero-order valence-corrected chi connectivity index (χ0v) is 19.4. The molecule has 2 N–H and O–H groups in total. The Morgan fingerprint density at radius 1 is 1.04 bits per heavy atom. The molecule has 0 radical (unpaired) electrons. The maximum atomic E-state index is 9.58. The summed E-state index contributed by atoms with van der Waals surface area (Å²) in [7, 11) is 0. The molecular weight excluding hydrogens is 354 g/mol. The SMILES string of the molecule is C1CCNC1.CC.CC.CCC(C)c1cc(C2CCC(O)CC2)ccc1Cl. The van der Waals surface area contributed by atoms with E-state index in [0.29, 0.717) is 11.8 Å². The summed E-state index contributed by atoms with van der Waals surface area (Å²) in [6.07, 6.45) is 7.89. The van der Waals surface area contributed by atoms with E-state index in [2.05, 4.69) is 31.3 Å². The van der Waals surface area contributed by atoms with E-state index < -0.39 is 0 Å². The highest BCUT2D eigenvalue weighted by Gasteiger charge is 2.21. The Labute approximate surface area is 174 Å². The molecule has 1 saturated heterocycles. The third-order valence-corrected chi connectivity index (χ3v) is 5.63. The molecule has 1 aliphatic heterocycles. The number of halogens is 1. The van der Waals surface area contributed by atoms with Gasteiger partial charge in [-0.1, -0.05) is 65.3 Å². The second-order valence-corrected chi connectivity index (χ2v) is 7.46. The zero-order valence-electron chi connectivity index (χ0n) is 18.7. The molecule has 158 valence electrons. The van der Waals surface area contributed by atoms with Crippen LogP contribution >= 0.6 is 11.6 Å². The predicted octanol–water partition coefficient (Wildman–Crippen LogP) is 7.29. The monoisotopic (exact) mass is 397 g/mol. The van der Waals surface area contributed by atoms with Gasteiger partial charge in [0.05, 0.1) is 6.10 Å². The van der Waals surface area contributed by atoms with E-state index >= 15 is 0 Å². The molecule has 1 saturated carbocycles. The fourth-order valence-corrected chi connectivity index (χ4v) is 3.75. The van der Waals surface area contributed by atoms with Crippen molar-refractivity contribution in [3.8, 4) is 0 Å². The summed E-state index contributed by atoms with van der Waals surface area (Å²) < 4.78 is 0. The fourth-order valence-electron chi connectivity index (χ4n) is 3.45. The molecule has 1 aromatic rings. The second kappa shape index (κ2) is 16.4. The smallest absolute Gasteiger partial charge is 0.0540 e. The van der Waals surface area contributed by atoms with Crippen molar-refractivity contribution < 1.29 is 5.11 Å². The van der Waals surface area contributed by atoms with E-state index in [9.17, 15) is 5.11 Å². The first-order valence-electron chi connectivity index (χ1n) is 11.3. The van der Waals surface area contributed by atoms with Gasteiger partial charge in [-0.05, 0) is 87.1 Å². The number of benzene rings is 1. The van der Waals surface area contributed by atoms with Crippen molar-refractivity contribution in [2.24, 2.45) is 0 Å². The molecule has 2 fully saturated rings. The van der Waals surface area contributed by atoms with E-state index in [0.717, 1.165) is 37.1 Å².